The minimum atomic E-state index is -0.875. The van der Waals surface area contributed by atoms with Gasteiger partial charge in [-0.1, -0.05) is 23.4 Å². The first-order chi connectivity index (χ1) is 14.8. The Morgan fingerprint density at radius 3 is 2.65 bits per heavy atom. The number of aryl methyl sites for hydroxylation is 2. The monoisotopic (exact) mass is 423 g/mol. The molecule has 4 rings (SSSR count). The smallest absolute Gasteiger partial charge is 0.278 e. The lowest BCUT2D eigenvalue weighted by Gasteiger charge is -2.05. The molecule has 0 radical (unpaired) electrons. The average Bonchev–Trinajstić information content (AvgIpc) is 3.27. The first-order valence-corrected chi connectivity index (χ1v) is 9.52. The highest BCUT2D eigenvalue weighted by Crippen LogP contribution is 2.25. The van der Waals surface area contributed by atoms with Crippen molar-refractivity contribution in [3.8, 4) is 11.5 Å². The average molecular weight is 423 g/mol. The molecule has 0 bridgehead atoms. The number of nitrogens with one attached hydrogen (secondary N) is 1. The third-order valence-corrected chi connectivity index (χ3v) is 4.94. The lowest BCUT2D eigenvalue weighted by molar-refractivity contribution is 0.102. The van der Waals surface area contributed by atoms with Gasteiger partial charge in [-0.2, -0.15) is 0 Å². The standard InChI is InChI=1S/C22H19F2N5O2/c1-12-6-4-5-7-16(12)22-26-19(14(3)31-22)11-29-13(2)20(27-28-29)21(30)25-18-9-8-15(23)10-17(18)24/h4-10H,11H2,1-3H3,(H,25,30). The fourth-order valence-electron chi connectivity index (χ4n) is 3.14. The number of carbonyl (C=O) groups excluding carboxylic acids is 1. The van der Waals surface area contributed by atoms with Crippen LogP contribution in [-0.4, -0.2) is 25.9 Å². The third-order valence-electron chi connectivity index (χ3n) is 4.94. The van der Waals surface area contributed by atoms with E-state index in [-0.39, 0.29) is 17.9 Å². The molecule has 0 aliphatic carbocycles. The molecule has 0 fully saturated rings. The van der Waals surface area contributed by atoms with E-state index in [9.17, 15) is 13.6 Å². The van der Waals surface area contributed by atoms with E-state index >= 15 is 0 Å². The van der Waals surface area contributed by atoms with Gasteiger partial charge in [-0.25, -0.2) is 18.4 Å². The molecule has 9 heteroatoms. The Morgan fingerprint density at radius 1 is 1.13 bits per heavy atom. The summed E-state index contributed by atoms with van der Waals surface area (Å²) in [6.07, 6.45) is 0. The number of aromatic nitrogens is 4. The molecule has 0 saturated heterocycles. The predicted octanol–water partition coefficient (Wildman–Crippen LogP) is 4.44. The van der Waals surface area contributed by atoms with Crippen LogP contribution in [0, 0.1) is 32.4 Å². The first kappa shape index (κ1) is 20.4. The quantitative estimate of drug-likeness (QED) is 0.513. The number of hydrogen-bond donors (Lipinski definition) is 1. The molecule has 31 heavy (non-hydrogen) atoms. The molecule has 1 N–H and O–H groups in total. The SMILES string of the molecule is Cc1ccccc1-c1nc(Cn2nnc(C(=O)Nc3ccc(F)cc3F)c2C)c(C)o1. The summed E-state index contributed by atoms with van der Waals surface area (Å²) in [5, 5.41) is 10.3. The number of benzene rings is 2. The van der Waals surface area contributed by atoms with E-state index in [4.69, 9.17) is 4.42 Å². The van der Waals surface area contributed by atoms with E-state index in [1.807, 2.05) is 31.2 Å². The molecule has 0 unspecified atom stereocenters. The van der Waals surface area contributed by atoms with Gasteiger partial charge in [0.05, 0.1) is 17.9 Å². The van der Waals surface area contributed by atoms with Crippen molar-refractivity contribution < 1.29 is 18.0 Å². The van der Waals surface area contributed by atoms with Gasteiger partial charge in [-0.15, -0.1) is 5.10 Å². The lowest BCUT2D eigenvalue weighted by Crippen LogP contribution is -2.15. The second-order valence-electron chi connectivity index (χ2n) is 7.10. The van der Waals surface area contributed by atoms with Crippen molar-refractivity contribution >= 4 is 11.6 Å². The van der Waals surface area contributed by atoms with Gasteiger partial charge < -0.3 is 9.73 Å². The summed E-state index contributed by atoms with van der Waals surface area (Å²) in [4.78, 5) is 17.1. The molecule has 1 amide bonds. The molecular weight excluding hydrogens is 404 g/mol. The summed E-state index contributed by atoms with van der Waals surface area (Å²) >= 11 is 0. The fraction of sp³-hybridized carbons (Fsp3) is 0.182. The molecule has 0 spiro atoms. The minimum Gasteiger partial charge on any atom is -0.441 e. The van der Waals surface area contributed by atoms with Crippen LogP contribution in [-0.2, 0) is 6.54 Å². The molecule has 2 aromatic carbocycles. The summed E-state index contributed by atoms with van der Waals surface area (Å²) < 4.78 is 34.2. The van der Waals surface area contributed by atoms with Gasteiger partial charge in [0.15, 0.2) is 5.69 Å². The largest absolute Gasteiger partial charge is 0.441 e. The number of amides is 1. The van der Waals surface area contributed by atoms with Crippen LogP contribution in [0.25, 0.3) is 11.5 Å². The number of carbonyl (C=O) groups is 1. The van der Waals surface area contributed by atoms with Gasteiger partial charge in [-0.3, -0.25) is 4.79 Å². The van der Waals surface area contributed by atoms with Crippen molar-refractivity contribution in [2.45, 2.75) is 27.3 Å². The van der Waals surface area contributed by atoms with E-state index in [2.05, 4.69) is 20.6 Å². The highest BCUT2D eigenvalue weighted by molar-refractivity contribution is 6.03. The van der Waals surface area contributed by atoms with Crippen molar-refractivity contribution in [3.63, 3.8) is 0 Å². The number of oxazole rings is 1. The molecule has 2 heterocycles. The summed E-state index contributed by atoms with van der Waals surface area (Å²) in [5.41, 5.74) is 2.95. The molecular formula is C22H19F2N5O2. The summed E-state index contributed by atoms with van der Waals surface area (Å²) in [5.74, 6) is -1.11. The zero-order valence-electron chi connectivity index (χ0n) is 17.1. The Morgan fingerprint density at radius 2 is 1.90 bits per heavy atom. The van der Waals surface area contributed by atoms with Crippen LogP contribution < -0.4 is 5.32 Å². The van der Waals surface area contributed by atoms with Crippen molar-refractivity contribution in [1.29, 1.82) is 0 Å². The summed E-state index contributed by atoms with van der Waals surface area (Å²) in [6, 6.07) is 10.7. The number of rotatable bonds is 5. The van der Waals surface area contributed by atoms with Crippen molar-refractivity contribution in [2.24, 2.45) is 0 Å². The van der Waals surface area contributed by atoms with E-state index in [0.29, 0.717) is 29.1 Å². The molecule has 0 saturated carbocycles. The van der Waals surface area contributed by atoms with Gasteiger partial charge in [-0.05, 0) is 44.5 Å². The lowest BCUT2D eigenvalue weighted by atomic mass is 10.1. The Hall–Kier alpha value is -3.88. The van der Waals surface area contributed by atoms with Gasteiger partial charge in [0, 0.05) is 11.6 Å². The summed E-state index contributed by atoms with van der Waals surface area (Å²) in [7, 11) is 0. The maximum absolute atomic E-state index is 13.8. The Balaban J connectivity index is 1.55. The second-order valence-corrected chi connectivity index (χ2v) is 7.10. The van der Waals surface area contributed by atoms with E-state index in [1.165, 1.54) is 4.68 Å². The highest BCUT2D eigenvalue weighted by Gasteiger charge is 2.20. The van der Waals surface area contributed by atoms with E-state index < -0.39 is 17.5 Å². The minimum absolute atomic E-state index is 0.0315. The van der Waals surface area contributed by atoms with Crippen LogP contribution in [0.15, 0.2) is 46.9 Å². The third kappa shape index (κ3) is 4.07. The van der Waals surface area contributed by atoms with E-state index in [1.54, 1.807) is 13.8 Å². The fourth-order valence-corrected chi connectivity index (χ4v) is 3.14. The second kappa shape index (κ2) is 8.10. The van der Waals surface area contributed by atoms with E-state index in [0.717, 1.165) is 23.3 Å². The first-order valence-electron chi connectivity index (χ1n) is 9.52. The van der Waals surface area contributed by atoms with Crippen molar-refractivity contribution in [3.05, 3.63) is 82.5 Å². The molecule has 0 aliphatic heterocycles. The van der Waals surface area contributed by atoms with Gasteiger partial charge in [0.1, 0.15) is 23.1 Å². The zero-order chi connectivity index (χ0) is 22.1. The predicted molar refractivity (Wildman–Crippen MR) is 110 cm³/mol. The van der Waals surface area contributed by atoms with Gasteiger partial charge >= 0.3 is 0 Å². The van der Waals surface area contributed by atoms with Crippen LogP contribution in [0.5, 0.6) is 0 Å². The number of hydrogen-bond acceptors (Lipinski definition) is 5. The van der Waals surface area contributed by atoms with Crippen molar-refractivity contribution in [2.75, 3.05) is 5.32 Å². The van der Waals surface area contributed by atoms with Crippen molar-refractivity contribution in [1.82, 2.24) is 20.0 Å². The van der Waals surface area contributed by atoms with Crippen LogP contribution in [0.4, 0.5) is 14.5 Å². The Labute approximate surface area is 176 Å². The van der Waals surface area contributed by atoms with Crippen LogP contribution >= 0.6 is 0 Å². The zero-order valence-corrected chi connectivity index (χ0v) is 17.1. The van der Waals surface area contributed by atoms with Gasteiger partial charge in [0.2, 0.25) is 5.89 Å². The normalized spacial score (nSPS) is 11.0. The summed E-state index contributed by atoms with van der Waals surface area (Å²) in [6.45, 7) is 5.71. The Bertz CT molecular complexity index is 1280. The number of halogens is 2. The molecule has 7 nitrogen and oxygen atoms in total. The molecule has 0 aliphatic rings. The molecule has 4 aromatic rings. The van der Waals surface area contributed by atoms with Crippen LogP contribution in [0.3, 0.4) is 0 Å². The molecule has 0 atom stereocenters. The maximum Gasteiger partial charge on any atom is 0.278 e. The topological polar surface area (TPSA) is 85.8 Å². The maximum atomic E-state index is 13.8. The van der Waals surface area contributed by atoms with Gasteiger partial charge in [0.25, 0.3) is 5.91 Å². The Kier molecular flexibility index (Phi) is 5.33. The van der Waals surface area contributed by atoms with Crippen LogP contribution in [0.1, 0.15) is 33.2 Å². The number of nitrogens with zero attached hydrogens (tertiary/aromatic N) is 4. The number of anilines is 1. The molecule has 158 valence electrons. The highest BCUT2D eigenvalue weighted by atomic mass is 19.1. The van der Waals surface area contributed by atoms with Crippen LogP contribution in [0.2, 0.25) is 0 Å². The molecule has 2 aromatic heterocycles.